The number of nitrogens with zero attached hydrogens (tertiary/aromatic N) is 2. The van der Waals surface area contributed by atoms with Gasteiger partial charge in [0.25, 0.3) is 0 Å². The summed E-state index contributed by atoms with van der Waals surface area (Å²) in [5.74, 6) is 2.00. The molecule has 0 unspecified atom stereocenters. The monoisotopic (exact) mass is 708 g/mol. The number of amidine groups is 1. The summed E-state index contributed by atoms with van der Waals surface area (Å²) in [5.41, 5.74) is 2.60. The van der Waals surface area contributed by atoms with Gasteiger partial charge in [0.1, 0.15) is 42.9 Å². The molecule has 2 aromatic carbocycles. The van der Waals surface area contributed by atoms with Crippen LogP contribution in [0.2, 0.25) is 0 Å². The first kappa shape index (κ1) is 42.9. The summed E-state index contributed by atoms with van der Waals surface area (Å²) in [7, 11) is -4.31. The van der Waals surface area contributed by atoms with Gasteiger partial charge >= 0.3 is 5.97 Å². The van der Waals surface area contributed by atoms with Crippen molar-refractivity contribution in [2.75, 3.05) is 26.2 Å². The Hall–Kier alpha value is -3.23. The van der Waals surface area contributed by atoms with Crippen LogP contribution in [0.15, 0.2) is 78.2 Å². The third kappa shape index (κ3) is 18.7. The predicted octanol–water partition coefficient (Wildman–Crippen LogP) is 9.77. The molecule has 0 amide bonds. The molecule has 1 aliphatic heterocycles. The van der Waals surface area contributed by atoms with Crippen molar-refractivity contribution < 1.29 is 27.1 Å². The van der Waals surface area contributed by atoms with E-state index in [-0.39, 0.29) is 10.9 Å². The SMILES string of the molecule is C=C(C)C(=O)OCCN1CC[N+](Cc2ccccc2)=C1CCCCCCCCCCCCCCCC(C)C.C=Cc1ccc(S(=O)(=O)[O-])cc1. The number of carbonyl (C=O) groups excluding carboxylic acids is 1. The standard InChI is InChI=1S/C34H57N2O2.C8H8O3S/c1-30(2)21-17-14-12-10-8-6-5-7-9-11-13-15-20-24-33-35(27-28-38-34(37)31(3)4)25-26-36(33)29-32-22-18-16-19-23-32;1-2-7-3-5-8(6-4-7)12(9,10)11/h16,18-19,22-23,30H,3,5-15,17,20-21,24-29H2,1-2,4H3;2-6H,1H2,(H,9,10,11)/q+1;/p-1. The molecule has 0 saturated carbocycles. The average Bonchev–Trinajstić information content (AvgIpc) is 3.46. The highest BCUT2D eigenvalue weighted by atomic mass is 32.2. The van der Waals surface area contributed by atoms with Gasteiger partial charge in [-0.05, 0) is 42.5 Å². The third-order valence-corrected chi connectivity index (χ3v) is 9.96. The number of benzene rings is 2. The van der Waals surface area contributed by atoms with Gasteiger partial charge in [-0.2, -0.15) is 0 Å². The molecule has 0 bridgehead atoms. The zero-order valence-corrected chi connectivity index (χ0v) is 32.1. The molecule has 0 aliphatic carbocycles. The van der Waals surface area contributed by atoms with Crippen LogP contribution in [-0.2, 0) is 26.2 Å². The molecule has 0 saturated heterocycles. The molecule has 0 atom stereocenters. The minimum absolute atomic E-state index is 0.215. The smallest absolute Gasteiger partial charge is 0.333 e. The Morgan fingerprint density at radius 2 is 1.42 bits per heavy atom. The third-order valence-electron chi connectivity index (χ3n) is 9.12. The molecule has 0 spiro atoms. The van der Waals surface area contributed by atoms with Gasteiger partial charge in [-0.3, -0.25) is 9.48 Å². The van der Waals surface area contributed by atoms with E-state index in [9.17, 15) is 17.8 Å². The van der Waals surface area contributed by atoms with E-state index in [1.165, 1.54) is 126 Å². The summed E-state index contributed by atoms with van der Waals surface area (Å²) in [6.07, 6.45) is 22.1. The fourth-order valence-electron chi connectivity index (χ4n) is 6.15. The van der Waals surface area contributed by atoms with E-state index in [4.69, 9.17) is 4.74 Å². The van der Waals surface area contributed by atoms with Gasteiger partial charge in [0.15, 0.2) is 0 Å². The summed E-state index contributed by atoms with van der Waals surface area (Å²) in [5, 5.41) is 0. The van der Waals surface area contributed by atoms with E-state index in [1.54, 1.807) is 13.0 Å². The van der Waals surface area contributed by atoms with Crippen molar-refractivity contribution in [3.8, 4) is 0 Å². The normalized spacial score (nSPS) is 12.9. The average molecular weight is 709 g/mol. The second-order valence-corrected chi connectivity index (χ2v) is 15.4. The second-order valence-electron chi connectivity index (χ2n) is 14.0. The number of esters is 1. The molecule has 0 fully saturated rings. The first-order valence-corrected chi connectivity index (χ1v) is 20.3. The van der Waals surface area contributed by atoms with Gasteiger partial charge < -0.3 is 9.29 Å². The number of carbonyl (C=O) groups is 1. The molecule has 0 radical (unpaired) electrons. The Kier molecular flexibility index (Phi) is 21.3. The number of ether oxygens (including phenoxy) is 1. The highest BCUT2D eigenvalue weighted by Gasteiger charge is 2.30. The Bertz CT molecular complexity index is 1400. The molecule has 0 aromatic heterocycles. The molecule has 3 rings (SSSR count). The van der Waals surface area contributed by atoms with Crippen molar-refractivity contribution in [1.82, 2.24) is 4.90 Å². The highest BCUT2D eigenvalue weighted by molar-refractivity contribution is 7.85. The van der Waals surface area contributed by atoms with Gasteiger partial charge in [-0.25, -0.2) is 13.2 Å². The van der Waals surface area contributed by atoms with E-state index in [2.05, 4.69) is 66.8 Å². The fraction of sp³-hybridized carbons (Fsp3) is 0.571. The molecule has 8 heteroatoms. The molecular formula is C42H64N2O5S. The quantitative estimate of drug-likeness (QED) is 0.0355. The van der Waals surface area contributed by atoms with Crippen LogP contribution < -0.4 is 0 Å². The first-order valence-electron chi connectivity index (χ1n) is 18.9. The number of rotatable bonds is 24. The van der Waals surface area contributed by atoms with Crippen molar-refractivity contribution >= 4 is 28.0 Å². The van der Waals surface area contributed by atoms with Crippen LogP contribution in [0.5, 0.6) is 0 Å². The first-order chi connectivity index (χ1) is 24.0. The summed E-state index contributed by atoms with van der Waals surface area (Å²) in [6.45, 7) is 17.7. The van der Waals surface area contributed by atoms with Gasteiger partial charge in [-0.1, -0.05) is 159 Å². The summed E-state index contributed by atoms with van der Waals surface area (Å²) in [4.78, 5) is 14.0. The highest BCUT2D eigenvalue weighted by Crippen LogP contribution is 2.17. The Morgan fingerprint density at radius 1 is 0.880 bits per heavy atom. The van der Waals surface area contributed by atoms with Crippen LogP contribution in [0.4, 0.5) is 0 Å². The molecule has 2 aromatic rings. The van der Waals surface area contributed by atoms with E-state index < -0.39 is 10.1 Å². The maximum atomic E-state index is 11.8. The Balaban J connectivity index is 0.000000606. The van der Waals surface area contributed by atoms with Gasteiger partial charge in [0.2, 0.25) is 5.84 Å². The summed E-state index contributed by atoms with van der Waals surface area (Å²) < 4.78 is 39.3. The van der Waals surface area contributed by atoms with Crippen LogP contribution in [0.1, 0.15) is 128 Å². The lowest BCUT2D eigenvalue weighted by atomic mass is 10.0. The second kappa shape index (κ2) is 24.8. The number of hydrogen-bond acceptors (Lipinski definition) is 6. The minimum Gasteiger partial charge on any atom is -0.744 e. The van der Waals surface area contributed by atoms with E-state index >= 15 is 0 Å². The lowest BCUT2D eigenvalue weighted by molar-refractivity contribution is -0.535. The molecule has 50 heavy (non-hydrogen) atoms. The van der Waals surface area contributed by atoms with Gasteiger partial charge in [0, 0.05) is 12.0 Å². The Labute approximate surface area is 304 Å². The molecule has 0 N–H and O–H groups in total. The molecule has 1 heterocycles. The lowest BCUT2D eigenvalue weighted by Crippen LogP contribution is -2.33. The van der Waals surface area contributed by atoms with E-state index in [0.29, 0.717) is 12.2 Å². The zero-order chi connectivity index (χ0) is 36.6. The minimum atomic E-state index is -4.31. The zero-order valence-electron chi connectivity index (χ0n) is 31.3. The van der Waals surface area contributed by atoms with Crippen molar-refractivity contribution in [2.45, 2.75) is 129 Å². The summed E-state index contributed by atoms with van der Waals surface area (Å²) in [6, 6.07) is 16.3. The van der Waals surface area contributed by atoms with Gasteiger partial charge in [0.05, 0.1) is 4.90 Å². The molecule has 278 valence electrons. The maximum Gasteiger partial charge on any atom is 0.333 e. The number of hydrogen-bond donors (Lipinski definition) is 0. The lowest BCUT2D eigenvalue weighted by Gasteiger charge is -2.14. The van der Waals surface area contributed by atoms with Crippen LogP contribution in [0.25, 0.3) is 6.08 Å². The maximum absolute atomic E-state index is 11.8. The van der Waals surface area contributed by atoms with Crippen LogP contribution in [0.3, 0.4) is 0 Å². The van der Waals surface area contributed by atoms with Gasteiger partial charge in [-0.15, -0.1) is 0 Å². The molecule has 1 aliphatic rings. The van der Waals surface area contributed by atoms with Crippen molar-refractivity contribution in [2.24, 2.45) is 5.92 Å². The van der Waals surface area contributed by atoms with E-state index in [0.717, 1.165) is 44.1 Å². The predicted molar refractivity (Wildman–Crippen MR) is 206 cm³/mol. The van der Waals surface area contributed by atoms with Crippen LogP contribution >= 0.6 is 0 Å². The van der Waals surface area contributed by atoms with Crippen molar-refractivity contribution in [3.05, 3.63) is 84.5 Å². The number of unbranched alkanes of at least 4 members (excludes halogenated alkanes) is 12. The van der Waals surface area contributed by atoms with Crippen molar-refractivity contribution in [1.29, 1.82) is 0 Å². The van der Waals surface area contributed by atoms with Crippen LogP contribution in [-0.4, -0.2) is 60.5 Å². The fourth-order valence-corrected chi connectivity index (χ4v) is 6.62. The summed E-state index contributed by atoms with van der Waals surface area (Å²) >= 11 is 0. The molecular weight excluding hydrogens is 645 g/mol. The topological polar surface area (TPSA) is 89.8 Å². The van der Waals surface area contributed by atoms with Crippen molar-refractivity contribution in [3.63, 3.8) is 0 Å². The van der Waals surface area contributed by atoms with Crippen LogP contribution in [0, 0.1) is 5.92 Å². The largest absolute Gasteiger partial charge is 0.744 e. The molecule has 7 nitrogen and oxygen atoms in total. The van der Waals surface area contributed by atoms with E-state index in [1.807, 2.05) is 0 Å². The Morgan fingerprint density at radius 3 is 1.92 bits per heavy atom.